The highest BCUT2D eigenvalue weighted by Crippen LogP contribution is 2.53. The summed E-state index contributed by atoms with van der Waals surface area (Å²) in [7, 11) is 0. The summed E-state index contributed by atoms with van der Waals surface area (Å²) in [6.45, 7) is 6.85. The van der Waals surface area contributed by atoms with Gasteiger partial charge in [-0.2, -0.15) is 0 Å². The molecule has 0 unspecified atom stereocenters. The molecule has 0 atom stereocenters. The van der Waals surface area contributed by atoms with Gasteiger partial charge in [-0.25, -0.2) is 4.98 Å². The second kappa shape index (κ2) is 4.13. The van der Waals surface area contributed by atoms with E-state index in [9.17, 15) is 0 Å². The first-order valence-electron chi connectivity index (χ1n) is 6.92. The van der Waals surface area contributed by atoms with E-state index in [0.717, 1.165) is 25.0 Å². The highest BCUT2D eigenvalue weighted by atomic mass is 15.1. The molecule has 0 amide bonds. The fraction of sp³-hybridized carbons (Fsp3) is 0.786. The lowest BCUT2D eigenvalue weighted by Gasteiger charge is -2.21. The minimum Gasteiger partial charge on any atom is -0.333 e. The molecule has 0 aromatic carbocycles. The van der Waals surface area contributed by atoms with Crippen molar-refractivity contribution in [2.24, 2.45) is 11.3 Å². The van der Waals surface area contributed by atoms with Crippen LogP contribution in [0.25, 0.3) is 0 Å². The summed E-state index contributed by atoms with van der Waals surface area (Å²) < 4.78 is 2.36. The summed E-state index contributed by atoms with van der Waals surface area (Å²) in [6, 6.07) is 0.776. The molecule has 3 nitrogen and oxygen atoms in total. The lowest BCUT2D eigenvalue weighted by molar-refractivity contribution is 0.304. The summed E-state index contributed by atoms with van der Waals surface area (Å²) in [4.78, 5) is 4.31. The third kappa shape index (κ3) is 2.39. The van der Waals surface area contributed by atoms with Crippen LogP contribution in [0.5, 0.6) is 0 Å². The van der Waals surface area contributed by atoms with Gasteiger partial charge in [-0.1, -0.05) is 13.8 Å². The molecule has 1 aromatic heterocycles. The molecule has 1 aromatic rings. The van der Waals surface area contributed by atoms with E-state index < -0.39 is 0 Å². The van der Waals surface area contributed by atoms with Crippen molar-refractivity contribution in [3.05, 3.63) is 18.2 Å². The third-order valence-corrected chi connectivity index (χ3v) is 4.55. The van der Waals surface area contributed by atoms with Crippen LogP contribution in [0.4, 0.5) is 0 Å². The molecule has 3 heteroatoms. The van der Waals surface area contributed by atoms with Gasteiger partial charge in [0.2, 0.25) is 0 Å². The Kier molecular flexibility index (Phi) is 2.74. The lowest BCUT2D eigenvalue weighted by Crippen LogP contribution is -2.22. The second-order valence-electron chi connectivity index (χ2n) is 6.19. The van der Waals surface area contributed by atoms with Crippen LogP contribution in [0.15, 0.2) is 12.5 Å². The van der Waals surface area contributed by atoms with E-state index in [1.54, 1.807) is 0 Å². The topological polar surface area (TPSA) is 29.9 Å². The van der Waals surface area contributed by atoms with Gasteiger partial charge in [0, 0.05) is 25.3 Å². The van der Waals surface area contributed by atoms with Crippen molar-refractivity contribution < 1.29 is 0 Å². The van der Waals surface area contributed by atoms with E-state index in [0.29, 0.717) is 5.41 Å². The van der Waals surface area contributed by atoms with Gasteiger partial charge >= 0.3 is 0 Å². The van der Waals surface area contributed by atoms with Crippen molar-refractivity contribution in [3.8, 4) is 0 Å². The number of aromatic nitrogens is 2. The van der Waals surface area contributed by atoms with Gasteiger partial charge in [-0.15, -0.1) is 0 Å². The van der Waals surface area contributed by atoms with Gasteiger partial charge in [-0.3, -0.25) is 0 Å². The first-order chi connectivity index (χ1) is 8.20. The Hall–Kier alpha value is -0.830. The van der Waals surface area contributed by atoms with E-state index in [-0.39, 0.29) is 0 Å². The van der Waals surface area contributed by atoms with E-state index in [4.69, 9.17) is 0 Å². The SMILES string of the molecule is CC(C)C1(Cn2cncc2CNC2CC2)CC1. The number of nitrogens with zero attached hydrogens (tertiary/aromatic N) is 2. The molecule has 17 heavy (non-hydrogen) atoms. The zero-order chi connectivity index (χ0) is 11.9. The lowest BCUT2D eigenvalue weighted by atomic mass is 9.92. The molecule has 1 heterocycles. The summed E-state index contributed by atoms with van der Waals surface area (Å²) in [5.41, 5.74) is 1.92. The second-order valence-corrected chi connectivity index (χ2v) is 6.19. The highest BCUT2D eigenvalue weighted by Gasteiger charge is 2.45. The molecule has 2 aliphatic carbocycles. The molecule has 3 rings (SSSR count). The maximum absolute atomic E-state index is 4.31. The molecule has 94 valence electrons. The van der Waals surface area contributed by atoms with Crippen molar-refractivity contribution in [3.63, 3.8) is 0 Å². The predicted octanol–water partition coefficient (Wildman–Crippen LogP) is 2.57. The quantitative estimate of drug-likeness (QED) is 0.818. The number of nitrogens with one attached hydrogen (secondary N) is 1. The smallest absolute Gasteiger partial charge is 0.0948 e. The largest absolute Gasteiger partial charge is 0.333 e. The Morgan fingerprint density at radius 1 is 1.47 bits per heavy atom. The molecule has 0 radical (unpaired) electrons. The average molecular weight is 233 g/mol. The molecule has 2 fully saturated rings. The maximum atomic E-state index is 4.31. The molecule has 0 saturated heterocycles. The van der Waals surface area contributed by atoms with Crippen LogP contribution in [0.1, 0.15) is 45.2 Å². The van der Waals surface area contributed by atoms with Crippen molar-refractivity contribution in [1.29, 1.82) is 0 Å². The van der Waals surface area contributed by atoms with Gasteiger partial charge in [0.05, 0.1) is 12.0 Å². The summed E-state index contributed by atoms with van der Waals surface area (Å²) in [5, 5.41) is 3.57. The number of hydrogen-bond acceptors (Lipinski definition) is 2. The molecule has 0 spiro atoms. The Bertz CT molecular complexity index is 386. The van der Waals surface area contributed by atoms with Crippen LogP contribution in [0, 0.1) is 11.3 Å². The summed E-state index contributed by atoms with van der Waals surface area (Å²) in [6.07, 6.45) is 9.50. The maximum Gasteiger partial charge on any atom is 0.0948 e. The normalized spacial score (nSPS) is 22.1. The summed E-state index contributed by atoms with van der Waals surface area (Å²) in [5.74, 6) is 0.786. The monoisotopic (exact) mass is 233 g/mol. The first kappa shape index (κ1) is 11.3. The van der Waals surface area contributed by atoms with Gasteiger partial charge in [0.15, 0.2) is 0 Å². The number of hydrogen-bond donors (Lipinski definition) is 1. The van der Waals surface area contributed by atoms with Gasteiger partial charge in [0.1, 0.15) is 0 Å². The van der Waals surface area contributed by atoms with Crippen molar-refractivity contribution in [2.75, 3.05) is 0 Å². The zero-order valence-corrected chi connectivity index (χ0v) is 10.9. The Balaban J connectivity index is 1.64. The van der Waals surface area contributed by atoms with Crippen molar-refractivity contribution >= 4 is 0 Å². The molecule has 2 saturated carbocycles. The van der Waals surface area contributed by atoms with Gasteiger partial charge < -0.3 is 9.88 Å². The fourth-order valence-corrected chi connectivity index (χ4v) is 2.59. The van der Waals surface area contributed by atoms with E-state index in [1.807, 2.05) is 12.5 Å². The van der Waals surface area contributed by atoms with E-state index in [1.165, 1.54) is 31.4 Å². The Labute approximate surface area is 104 Å². The van der Waals surface area contributed by atoms with Crippen molar-refractivity contribution in [1.82, 2.24) is 14.9 Å². The minimum atomic E-state index is 0.565. The Morgan fingerprint density at radius 2 is 2.24 bits per heavy atom. The molecule has 0 aliphatic heterocycles. The van der Waals surface area contributed by atoms with E-state index in [2.05, 4.69) is 28.7 Å². The van der Waals surface area contributed by atoms with Crippen LogP contribution >= 0.6 is 0 Å². The van der Waals surface area contributed by atoms with Crippen molar-refractivity contribution in [2.45, 2.75) is 58.7 Å². The standard InChI is InChI=1S/C14H23N3/c1-11(2)14(5-6-14)9-17-10-15-7-13(17)8-16-12-3-4-12/h7,10-12,16H,3-6,8-9H2,1-2H3. The Morgan fingerprint density at radius 3 is 2.82 bits per heavy atom. The molecular weight excluding hydrogens is 210 g/mol. The molecule has 1 N–H and O–H groups in total. The fourth-order valence-electron chi connectivity index (χ4n) is 2.59. The molecule has 0 bridgehead atoms. The van der Waals surface area contributed by atoms with Gasteiger partial charge in [-0.05, 0) is 37.0 Å². The van der Waals surface area contributed by atoms with Gasteiger partial charge in [0.25, 0.3) is 0 Å². The highest BCUT2D eigenvalue weighted by molar-refractivity contribution is 5.04. The van der Waals surface area contributed by atoms with Crippen LogP contribution in [0.2, 0.25) is 0 Å². The van der Waals surface area contributed by atoms with Crippen LogP contribution in [0.3, 0.4) is 0 Å². The van der Waals surface area contributed by atoms with Crippen LogP contribution in [-0.4, -0.2) is 15.6 Å². The molecule has 2 aliphatic rings. The summed E-state index contributed by atoms with van der Waals surface area (Å²) >= 11 is 0. The van der Waals surface area contributed by atoms with Crippen LogP contribution in [-0.2, 0) is 13.1 Å². The molecular formula is C14H23N3. The third-order valence-electron chi connectivity index (χ3n) is 4.55. The minimum absolute atomic E-state index is 0.565. The number of rotatable bonds is 6. The van der Waals surface area contributed by atoms with E-state index >= 15 is 0 Å². The average Bonchev–Trinajstić information content (AvgIpc) is 3.18. The first-order valence-corrected chi connectivity index (χ1v) is 6.92. The number of imidazole rings is 1. The predicted molar refractivity (Wildman–Crippen MR) is 68.6 cm³/mol. The van der Waals surface area contributed by atoms with Crippen LogP contribution < -0.4 is 5.32 Å². The zero-order valence-electron chi connectivity index (χ0n) is 10.9.